The van der Waals surface area contributed by atoms with Crippen molar-refractivity contribution in [1.29, 1.82) is 0 Å². The maximum atomic E-state index is 13.5. The number of aromatic nitrogens is 1. The number of nitrogens with zero attached hydrogens (tertiary/aromatic N) is 2. The maximum absolute atomic E-state index is 13.5. The summed E-state index contributed by atoms with van der Waals surface area (Å²) in [7, 11) is 0. The lowest BCUT2D eigenvalue weighted by Gasteiger charge is -2.12. The van der Waals surface area contributed by atoms with Gasteiger partial charge < -0.3 is 0 Å². The van der Waals surface area contributed by atoms with Crippen LogP contribution in [0.4, 0.5) is 32.8 Å². The molecular formula is C15H11F5N4O2S. The Kier molecular flexibility index (Phi) is 5.26. The summed E-state index contributed by atoms with van der Waals surface area (Å²) in [5, 5.41) is 1.95. The topological polar surface area (TPSA) is 74.3 Å². The number of nitrogens with one attached hydrogen (secondary N) is 2. The van der Waals surface area contributed by atoms with Crippen LogP contribution in [0.3, 0.4) is 0 Å². The van der Waals surface area contributed by atoms with Crippen molar-refractivity contribution < 1.29 is 31.5 Å². The van der Waals surface area contributed by atoms with Gasteiger partial charge in [0, 0.05) is 18.3 Å². The number of thiazole rings is 1. The molecule has 1 fully saturated rings. The molecule has 1 aromatic heterocycles. The molecule has 3 rings (SSSR count). The van der Waals surface area contributed by atoms with E-state index in [9.17, 15) is 31.5 Å². The van der Waals surface area contributed by atoms with Gasteiger partial charge in [-0.15, -0.1) is 11.3 Å². The smallest absolute Gasteiger partial charge is 0.244 e. The highest BCUT2D eigenvalue weighted by Crippen LogP contribution is 2.27. The van der Waals surface area contributed by atoms with Crippen molar-refractivity contribution in [3.05, 3.63) is 40.2 Å². The van der Waals surface area contributed by atoms with Gasteiger partial charge in [-0.2, -0.15) is 0 Å². The van der Waals surface area contributed by atoms with Gasteiger partial charge in [-0.1, -0.05) is 0 Å². The van der Waals surface area contributed by atoms with Crippen LogP contribution in [-0.4, -0.2) is 23.3 Å². The summed E-state index contributed by atoms with van der Waals surface area (Å²) < 4.78 is 66.2. The number of hydrazine groups is 1. The molecule has 1 aliphatic heterocycles. The van der Waals surface area contributed by atoms with Crippen molar-refractivity contribution in [2.45, 2.75) is 19.3 Å². The van der Waals surface area contributed by atoms with E-state index in [-0.39, 0.29) is 18.0 Å². The van der Waals surface area contributed by atoms with Crippen LogP contribution in [0, 0.1) is 29.1 Å². The highest BCUT2D eigenvalue weighted by molar-refractivity contribution is 7.14. The lowest BCUT2D eigenvalue weighted by atomic mass is 10.2. The van der Waals surface area contributed by atoms with E-state index in [0.717, 1.165) is 11.3 Å². The molecule has 6 nitrogen and oxygen atoms in total. The first-order valence-electron chi connectivity index (χ1n) is 7.60. The maximum Gasteiger partial charge on any atom is 0.244 e. The predicted octanol–water partition coefficient (Wildman–Crippen LogP) is 2.65. The number of benzene rings is 1. The van der Waals surface area contributed by atoms with E-state index >= 15 is 0 Å². The van der Waals surface area contributed by atoms with Gasteiger partial charge >= 0.3 is 0 Å². The molecule has 0 saturated carbocycles. The van der Waals surface area contributed by atoms with Crippen LogP contribution in [0.2, 0.25) is 0 Å². The van der Waals surface area contributed by atoms with Crippen molar-refractivity contribution in [3.8, 4) is 0 Å². The molecule has 27 heavy (non-hydrogen) atoms. The summed E-state index contributed by atoms with van der Waals surface area (Å²) in [5.74, 6) is -11.7. The number of carbonyl (C=O) groups is 2. The number of rotatable bonds is 5. The SMILES string of the molecule is O=C(Cc1csc(N2CCCC2=O)n1)NNc1c(F)c(F)c(F)c(F)c1F. The number of amides is 2. The molecule has 144 valence electrons. The van der Waals surface area contributed by atoms with Crippen LogP contribution < -0.4 is 15.8 Å². The molecule has 2 amide bonds. The van der Waals surface area contributed by atoms with E-state index in [1.165, 1.54) is 10.3 Å². The van der Waals surface area contributed by atoms with Crippen molar-refractivity contribution in [2.24, 2.45) is 0 Å². The van der Waals surface area contributed by atoms with E-state index in [2.05, 4.69) is 4.98 Å². The molecule has 12 heteroatoms. The minimum Gasteiger partial charge on any atom is -0.293 e. The van der Waals surface area contributed by atoms with Crippen LogP contribution in [0.25, 0.3) is 0 Å². The van der Waals surface area contributed by atoms with Gasteiger partial charge in [0.25, 0.3) is 0 Å². The average Bonchev–Trinajstić information content (AvgIpc) is 3.26. The third-order valence-corrected chi connectivity index (χ3v) is 4.63. The molecule has 1 aromatic carbocycles. The Morgan fingerprint density at radius 2 is 1.74 bits per heavy atom. The molecule has 0 unspecified atom stereocenters. The van der Waals surface area contributed by atoms with Gasteiger partial charge in [0.05, 0.1) is 12.1 Å². The first kappa shape index (κ1) is 19.0. The molecule has 2 N–H and O–H groups in total. The fourth-order valence-electron chi connectivity index (χ4n) is 2.41. The Morgan fingerprint density at radius 3 is 2.33 bits per heavy atom. The summed E-state index contributed by atoms with van der Waals surface area (Å²) in [6.07, 6.45) is 0.794. The quantitative estimate of drug-likeness (QED) is 0.347. The second-order valence-electron chi connectivity index (χ2n) is 5.57. The zero-order valence-electron chi connectivity index (χ0n) is 13.4. The Balaban J connectivity index is 1.64. The third kappa shape index (κ3) is 3.70. The van der Waals surface area contributed by atoms with Gasteiger partial charge in [0.2, 0.25) is 17.6 Å². The second-order valence-corrected chi connectivity index (χ2v) is 6.40. The lowest BCUT2D eigenvalue weighted by molar-refractivity contribution is -0.120. The zero-order valence-corrected chi connectivity index (χ0v) is 14.2. The van der Waals surface area contributed by atoms with E-state index in [0.29, 0.717) is 24.5 Å². The molecule has 2 heterocycles. The standard InChI is InChI=1S/C15H11F5N4O2S/c16-9-10(17)12(19)14(13(20)11(9)18)23-22-7(25)4-6-5-27-15(21-6)24-3-1-2-8(24)26/h5,23H,1-4H2,(H,22,25). The van der Waals surface area contributed by atoms with Crippen LogP contribution in [-0.2, 0) is 16.0 Å². The lowest BCUT2D eigenvalue weighted by Crippen LogP contribution is -2.32. The van der Waals surface area contributed by atoms with Crippen molar-refractivity contribution >= 4 is 34.0 Å². The van der Waals surface area contributed by atoms with E-state index in [4.69, 9.17) is 0 Å². The number of anilines is 2. The Labute approximate surface area is 153 Å². The minimum absolute atomic E-state index is 0.0756. The highest BCUT2D eigenvalue weighted by atomic mass is 32.1. The second kappa shape index (κ2) is 7.47. The molecule has 1 aliphatic rings. The Morgan fingerprint density at radius 1 is 1.11 bits per heavy atom. The van der Waals surface area contributed by atoms with Crippen LogP contribution in [0.1, 0.15) is 18.5 Å². The van der Waals surface area contributed by atoms with Gasteiger partial charge in [-0.3, -0.25) is 25.3 Å². The van der Waals surface area contributed by atoms with Crippen LogP contribution in [0.15, 0.2) is 5.38 Å². The van der Waals surface area contributed by atoms with E-state index in [1.54, 1.807) is 5.43 Å². The van der Waals surface area contributed by atoms with Crippen molar-refractivity contribution in [3.63, 3.8) is 0 Å². The first-order valence-corrected chi connectivity index (χ1v) is 8.48. The fourth-order valence-corrected chi connectivity index (χ4v) is 3.28. The number of hydrogen-bond acceptors (Lipinski definition) is 5. The Hall–Kier alpha value is -2.76. The molecular weight excluding hydrogens is 395 g/mol. The number of hydrogen-bond donors (Lipinski definition) is 2. The molecule has 0 aliphatic carbocycles. The summed E-state index contributed by atoms with van der Waals surface area (Å²) in [6, 6.07) is 0. The molecule has 0 atom stereocenters. The molecule has 2 aromatic rings. The van der Waals surface area contributed by atoms with Gasteiger partial charge in [0.1, 0.15) is 5.69 Å². The first-order chi connectivity index (χ1) is 12.8. The van der Waals surface area contributed by atoms with Gasteiger partial charge in [0.15, 0.2) is 28.4 Å². The third-order valence-electron chi connectivity index (χ3n) is 3.72. The normalized spacial score (nSPS) is 14.0. The number of carbonyl (C=O) groups excluding carboxylic acids is 2. The highest BCUT2D eigenvalue weighted by Gasteiger charge is 2.27. The van der Waals surface area contributed by atoms with Crippen LogP contribution in [0.5, 0.6) is 0 Å². The summed E-state index contributed by atoms with van der Waals surface area (Å²) in [6.45, 7) is 0.528. The summed E-state index contributed by atoms with van der Waals surface area (Å²) >= 11 is 1.15. The van der Waals surface area contributed by atoms with E-state index < -0.39 is 40.7 Å². The minimum atomic E-state index is -2.30. The predicted molar refractivity (Wildman–Crippen MR) is 85.4 cm³/mol. The summed E-state index contributed by atoms with van der Waals surface area (Å²) in [4.78, 5) is 29.1. The van der Waals surface area contributed by atoms with Gasteiger partial charge in [-0.25, -0.2) is 26.9 Å². The summed E-state index contributed by atoms with van der Waals surface area (Å²) in [5.41, 5.74) is 2.45. The average molecular weight is 406 g/mol. The monoisotopic (exact) mass is 406 g/mol. The largest absolute Gasteiger partial charge is 0.293 e. The Bertz CT molecular complexity index is 891. The van der Waals surface area contributed by atoms with Crippen molar-refractivity contribution in [1.82, 2.24) is 10.4 Å². The molecule has 0 bridgehead atoms. The van der Waals surface area contributed by atoms with E-state index in [1.807, 2.05) is 5.43 Å². The fraction of sp³-hybridized carbons (Fsp3) is 0.267. The molecule has 0 spiro atoms. The van der Waals surface area contributed by atoms with Crippen molar-refractivity contribution in [2.75, 3.05) is 16.9 Å². The molecule has 1 saturated heterocycles. The van der Waals surface area contributed by atoms with Gasteiger partial charge in [-0.05, 0) is 6.42 Å². The molecule has 0 radical (unpaired) electrons. The zero-order chi connectivity index (χ0) is 19.7. The van der Waals surface area contributed by atoms with Crippen LogP contribution >= 0.6 is 11.3 Å². The number of halogens is 5.